The quantitative estimate of drug-likeness (QED) is 0.807. The van der Waals surface area contributed by atoms with Crippen LogP contribution >= 0.6 is 23.1 Å². The predicted molar refractivity (Wildman–Crippen MR) is 86.2 cm³/mol. The molecule has 2 heterocycles. The number of thioether (sulfide) groups is 1. The van der Waals surface area contributed by atoms with Crippen LogP contribution in [-0.4, -0.2) is 47.0 Å². The summed E-state index contributed by atoms with van der Waals surface area (Å²) in [5.41, 5.74) is 1.20. The van der Waals surface area contributed by atoms with Crippen LogP contribution in [0.3, 0.4) is 0 Å². The van der Waals surface area contributed by atoms with Gasteiger partial charge in [0.05, 0.1) is 5.75 Å². The molecule has 0 aromatic carbocycles. The predicted octanol–water partition coefficient (Wildman–Crippen LogP) is 2.58. The van der Waals surface area contributed by atoms with Crippen LogP contribution < -0.4 is 0 Å². The summed E-state index contributed by atoms with van der Waals surface area (Å²) in [7, 11) is 0. The van der Waals surface area contributed by atoms with Crippen molar-refractivity contribution in [2.45, 2.75) is 25.1 Å². The van der Waals surface area contributed by atoms with Crippen molar-refractivity contribution in [3.05, 3.63) is 22.4 Å². The van der Waals surface area contributed by atoms with Crippen molar-refractivity contribution in [3.8, 4) is 0 Å². The van der Waals surface area contributed by atoms with Crippen LogP contribution in [0.25, 0.3) is 0 Å². The topological polar surface area (TPSA) is 40.6 Å². The van der Waals surface area contributed by atoms with Gasteiger partial charge in [-0.25, -0.2) is 0 Å². The van der Waals surface area contributed by atoms with Crippen molar-refractivity contribution < 1.29 is 9.59 Å². The number of hydrogen-bond donors (Lipinski definition) is 0. The van der Waals surface area contributed by atoms with E-state index in [4.69, 9.17) is 0 Å². The highest BCUT2D eigenvalue weighted by atomic mass is 32.2. The van der Waals surface area contributed by atoms with Crippen LogP contribution in [0.4, 0.5) is 0 Å². The van der Waals surface area contributed by atoms with Gasteiger partial charge in [-0.2, -0.15) is 11.3 Å². The molecular weight excluding hydrogens is 304 g/mol. The Bertz CT molecular complexity index is 514. The normalized spacial score (nSPS) is 21.9. The average molecular weight is 324 g/mol. The molecule has 1 aromatic heterocycles. The van der Waals surface area contributed by atoms with Crippen molar-refractivity contribution in [3.63, 3.8) is 0 Å². The molecule has 1 saturated heterocycles. The first-order chi connectivity index (χ1) is 10.2. The first-order valence-electron chi connectivity index (χ1n) is 7.42. The number of carbonyl (C=O) groups excluding carboxylic acids is 2. The Hall–Kier alpha value is -1.01. The summed E-state index contributed by atoms with van der Waals surface area (Å²) in [5.74, 6) is 1.25. The summed E-state index contributed by atoms with van der Waals surface area (Å²) in [6, 6.07) is 2.08. The van der Waals surface area contributed by atoms with Gasteiger partial charge in [0.2, 0.25) is 11.8 Å². The van der Waals surface area contributed by atoms with E-state index in [0.29, 0.717) is 18.8 Å². The van der Waals surface area contributed by atoms with E-state index in [1.807, 2.05) is 22.1 Å². The molecule has 1 unspecified atom stereocenters. The van der Waals surface area contributed by atoms with Crippen LogP contribution in [0.5, 0.6) is 0 Å². The lowest BCUT2D eigenvalue weighted by Gasteiger charge is -2.27. The number of carbonyl (C=O) groups is 2. The number of hydrogen-bond acceptors (Lipinski definition) is 4. The van der Waals surface area contributed by atoms with E-state index >= 15 is 0 Å². The fourth-order valence-electron chi connectivity index (χ4n) is 2.63. The second-order valence-corrected chi connectivity index (χ2v) is 7.35. The third-order valence-corrected chi connectivity index (χ3v) is 5.98. The van der Waals surface area contributed by atoms with Gasteiger partial charge < -0.3 is 9.80 Å². The Morgan fingerprint density at radius 2 is 2.29 bits per heavy atom. The van der Waals surface area contributed by atoms with Gasteiger partial charge in [-0.3, -0.25) is 9.59 Å². The molecule has 0 spiro atoms. The molecule has 21 heavy (non-hydrogen) atoms. The van der Waals surface area contributed by atoms with Gasteiger partial charge in [0.1, 0.15) is 5.37 Å². The van der Waals surface area contributed by atoms with E-state index in [9.17, 15) is 9.59 Å². The van der Waals surface area contributed by atoms with E-state index in [1.54, 1.807) is 23.1 Å². The molecule has 1 aromatic rings. The first-order valence-corrected chi connectivity index (χ1v) is 9.41. The van der Waals surface area contributed by atoms with Crippen molar-refractivity contribution in [2.75, 3.05) is 25.4 Å². The first kappa shape index (κ1) is 14.9. The zero-order valence-electron chi connectivity index (χ0n) is 12.2. The molecule has 1 aliphatic carbocycles. The van der Waals surface area contributed by atoms with Gasteiger partial charge >= 0.3 is 0 Å². The monoisotopic (exact) mass is 324 g/mol. The van der Waals surface area contributed by atoms with Gasteiger partial charge in [-0.05, 0) is 42.2 Å². The van der Waals surface area contributed by atoms with Gasteiger partial charge in [0, 0.05) is 25.6 Å². The summed E-state index contributed by atoms with van der Waals surface area (Å²) in [5, 5.41) is 4.28. The van der Waals surface area contributed by atoms with Gasteiger partial charge in [-0.1, -0.05) is 0 Å². The summed E-state index contributed by atoms with van der Waals surface area (Å²) in [4.78, 5) is 28.1. The summed E-state index contributed by atoms with van der Waals surface area (Å²) >= 11 is 3.34. The maximum Gasteiger partial charge on any atom is 0.233 e. The van der Waals surface area contributed by atoms with Crippen LogP contribution in [0.15, 0.2) is 16.8 Å². The van der Waals surface area contributed by atoms with Crippen molar-refractivity contribution in [1.29, 1.82) is 0 Å². The zero-order chi connectivity index (χ0) is 14.8. The number of thiophene rings is 1. The number of rotatable bonds is 6. The number of nitrogens with zero attached hydrogens (tertiary/aromatic N) is 2. The van der Waals surface area contributed by atoms with Crippen LogP contribution in [0, 0.1) is 5.92 Å². The molecule has 2 fully saturated rings. The second-order valence-electron chi connectivity index (χ2n) is 5.50. The lowest BCUT2D eigenvalue weighted by atomic mass is 10.3. The Morgan fingerprint density at radius 1 is 1.48 bits per heavy atom. The Morgan fingerprint density at radius 3 is 2.90 bits per heavy atom. The van der Waals surface area contributed by atoms with Crippen LogP contribution in [0.1, 0.15) is 30.7 Å². The van der Waals surface area contributed by atoms with Gasteiger partial charge in [0.25, 0.3) is 0 Å². The molecule has 114 valence electrons. The van der Waals surface area contributed by atoms with Crippen LogP contribution in [-0.2, 0) is 9.59 Å². The van der Waals surface area contributed by atoms with Crippen LogP contribution in [0.2, 0.25) is 0 Å². The van der Waals surface area contributed by atoms with E-state index in [-0.39, 0.29) is 23.1 Å². The van der Waals surface area contributed by atoms with E-state index in [2.05, 4.69) is 11.4 Å². The molecule has 6 heteroatoms. The molecule has 0 radical (unpaired) electrons. The molecule has 1 saturated carbocycles. The molecule has 0 N–H and O–H groups in total. The van der Waals surface area contributed by atoms with Gasteiger partial charge in [0.15, 0.2) is 0 Å². The fourth-order valence-corrected chi connectivity index (χ4v) is 4.60. The molecular formula is C15H20N2O2S2. The van der Waals surface area contributed by atoms with E-state index in [0.717, 1.165) is 19.4 Å². The maximum absolute atomic E-state index is 12.2. The fraction of sp³-hybridized carbons (Fsp3) is 0.600. The molecule has 1 atom stereocenters. The molecule has 2 amide bonds. The highest BCUT2D eigenvalue weighted by Gasteiger charge is 2.35. The molecule has 1 aliphatic heterocycles. The Kier molecular flexibility index (Phi) is 4.54. The minimum atomic E-state index is 0.124. The summed E-state index contributed by atoms with van der Waals surface area (Å²) in [6.07, 6.45) is 2.07. The summed E-state index contributed by atoms with van der Waals surface area (Å²) < 4.78 is 0. The largest absolute Gasteiger partial charge is 0.341 e. The van der Waals surface area contributed by atoms with Gasteiger partial charge in [-0.15, -0.1) is 11.8 Å². The lowest BCUT2D eigenvalue weighted by Crippen LogP contribution is -2.40. The third-order valence-electron chi connectivity index (χ3n) is 4.03. The standard InChI is InChI=1S/C15H20N2O2S2/c1-2-16(14(19)11-3-4-11)6-7-17-13(18)10-21-15(17)12-5-8-20-9-12/h5,8-9,11,15H,2-4,6-7,10H2,1H3. The molecule has 4 nitrogen and oxygen atoms in total. The SMILES string of the molecule is CCN(CCN1C(=O)CSC1c1ccsc1)C(=O)C1CC1. The minimum absolute atomic E-state index is 0.124. The lowest BCUT2D eigenvalue weighted by molar-refractivity contribution is -0.134. The smallest absolute Gasteiger partial charge is 0.233 e. The molecule has 0 bridgehead atoms. The molecule has 3 rings (SSSR count). The molecule has 2 aliphatic rings. The van der Waals surface area contributed by atoms with Crippen molar-refractivity contribution in [2.24, 2.45) is 5.92 Å². The number of amides is 2. The maximum atomic E-state index is 12.2. The highest BCUT2D eigenvalue weighted by Crippen LogP contribution is 2.39. The van der Waals surface area contributed by atoms with Crippen molar-refractivity contribution >= 4 is 34.9 Å². The Balaban J connectivity index is 1.61. The van der Waals surface area contributed by atoms with E-state index < -0.39 is 0 Å². The Labute approximate surface area is 133 Å². The number of likely N-dealkylation sites (N-methyl/N-ethyl adjacent to an activating group) is 1. The summed E-state index contributed by atoms with van der Waals surface area (Å²) in [6.45, 7) is 4.03. The third kappa shape index (κ3) is 3.26. The van der Waals surface area contributed by atoms with Crippen molar-refractivity contribution in [1.82, 2.24) is 9.80 Å². The zero-order valence-corrected chi connectivity index (χ0v) is 13.8. The highest BCUT2D eigenvalue weighted by molar-refractivity contribution is 8.00. The van der Waals surface area contributed by atoms with E-state index in [1.165, 1.54) is 5.56 Å². The average Bonchev–Trinajstić information content (AvgIpc) is 3.08. The minimum Gasteiger partial charge on any atom is -0.341 e. The second kappa shape index (κ2) is 6.40.